The van der Waals surface area contributed by atoms with Crippen molar-refractivity contribution in [1.82, 2.24) is 14.9 Å². The Morgan fingerprint density at radius 3 is 2.42 bits per heavy atom. The van der Waals surface area contributed by atoms with E-state index in [-0.39, 0.29) is 21.9 Å². The zero-order valence-corrected chi connectivity index (χ0v) is 16.3. The molecule has 0 bridgehead atoms. The lowest BCUT2D eigenvalue weighted by atomic mass is 10.1. The lowest BCUT2D eigenvalue weighted by molar-refractivity contribution is -0.126. The van der Waals surface area contributed by atoms with Gasteiger partial charge in [0.15, 0.2) is 0 Å². The third-order valence-corrected chi connectivity index (χ3v) is 8.30. The van der Waals surface area contributed by atoms with E-state index < -0.39 is 16.1 Å². The Balaban J connectivity index is 1.48. The maximum Gasteiger partial charge on any atom is 0.253 e. The first kappa shape index (κ1) is 19.3. The van der Waals surface area contributed by atoms with Crippen LogP contribution in [0.1, 0.15) is 38.5 Å². The van der Waals surface area contributed by atoms with Crippen LogP contribution in [-0.2, 0) is 19.6 Å². The number of nitrogens with one attached hydrogen (secondary N) is 2. The fourth-order valence-corrected chi connectivity index (χ4v) is 6.41. The average molecular weight is 400 g/mol. The Hall–Kier alpha value is -1.45. The van der Waals surface area contributed by atoms with Gasteiger partial charge in [-0.15, -0.1) is 11.3 Å². The van der Waals surface area contributed by atoms with Crippen molar-refractivity contribution in [1.29, 1.82) is 0 Å². The highest BCUT2D eigenvalue weighted by atomic mass is 32.2. The molecule has 0 spiro atoms. The molecule has 3 rings (SSSR count). The van der Waals surface area contributed by atoms with Gasteiger partial charge in [0.25, 0.3) is 10.0 Å². The van der Waals surface area contributed by atoms with Crippen LogP contribution in [0.4, 0.5) is 0 Å². The Bertz CT molecular complexity index is 727. The third-order valence-electron chi connectivity index (χ3n) is 5.01. The molecule has 1 saturated carbocycles. The van der Waals surface area contributed by atoms with Gasteiger partial charge in [0.1, 0.15) is 10.3 Å². The fraction of sp³-hybridized carbons (Fsp3) is 0.647. The number of carbonyl (C=O) groups excluding carboxylic acids is 2. The molecule has 7 nitrogen and oxygen atoms in total. The highest BCUT2D eigenvalue weighted by molar-refractivity contribution is 7.91. The summed E-state index contributed by atoms with van der Waals surface area (Å²) in [4.78, 5) is 24.4. The van der Waals surface area contributed by atoms with Gasteiger partial charge in [-0.05, 0) is 37.1 Å². The highest BCUT2D eigenvalue weighted by Gasteiger charge is 2.39. The number of amides is 2. The molecule has 2 amide bonds. The van der Waals surface area contributed by atoms with Crippen LogP contribution in [0.5, 0.6) is 0 Å². The second kappa shape index (κ2) is 8.49. The molecule has 1 aromatic rings. The van der Waals surface area contributed by atoms with Gasteiger partial charge in [-0.25, -0.2) is 8.42 Å². The third kappa shape index (κ3) is 4.27. The number of nitrogens with zero attached hydrogens (tertiary/aromatic N) is 1. The average Bonchev–Trinajstić information content (AvgIpc) is 3.38. The van der Waals surface area contributed by atoms with Crippen LogP contribution in [-0.4, -0.2) is 50.2 Å². The van der Waals surface area contributed by atoms with Gasteiger partial charge < -0.3 is 10.6 Å². The minimum atomic E-state index is -3.62. The van der Waals surface area contributed by atoms with Gasteiger partial charge in [-0.1, -0.05) is 18.9 Å². The number of rotatable bonds is 7. The first-order valence-corrected chi connectivity index (χ1v) is 11.4. The molecule has 2 aliphatic rings. The van der Waals surface area contributed by atoms with Crippen molar-refractivity contribution in [2.24, 2.45) is 5.92 Å². The van der Waals surface area contributed by atoms with Gasteiger partial charge >= 0.3 is 0 Å². The molecule has 2 N–H and O–H groups in total. The van der Waals surface area contributed by atoms with Crippen molar-refractivity contribution in [2.45, 2.75) is 48.8 Å². The van der Waals surface area contributed by atoms with Crippen molar-refractivity contribution >= 4 is 33.2 Å². The van der Waals surface area contributed by atoms with E-state index in [9.17, 15) is 18.0 Å². The summed E-state index contributed by atoms with van der Waals surface area (Å²) in [6.45, 7) is 1.03. The van der Waals surface area contributed by atoms with Crippen LogP contribution < -0.4 is 10.6 Å². The summed E-state index contributed by atoms with van der Waals surface area (Å²) in [6, 6.07) is 2.58. The van der Waals surface area contributed by atoms with Crippen LogP contribution in [0.2, 0.25) is 0 Å². The van der Waals surface area contributed by atoms with E-state index >= 15 is 0 Å². The Kier molecular flexibility index (Phi) is 6.31. The lowest BCUT2D eigenvalue weighted by Crippen LogP contribution is -2.47. The molecule has 1 atom stereocenters. The van der Waals surface area contributed by atoms with Crippen LogP contribution in [0.25, 0.3) is 0 Å². The number of hydrogen-bond donors (Lipinski definition) is 2. The summed E-state index contributed by atoms with van der Waals surface area (Å²) >= 11 is 1.16. The lowest BCUT2D eigenvalue weighted by Gasteiger charge is -2.22. The van der Waals surface area contributed by atoms with E-state index in [1.165, 1.54) is 4.31 Å². The van der Waals surface area contributed by atoms with Crippen LogP contribution in [0.15, 0.2) is 21.7 Å². The first-order valence-electron chi connectivity index (χ1n) is 9.11. The molecular formula is C17H25N3O4S2. The van der Waals surface area contributed by atoms with Crippen molar-refractivity contribution < 1.29 is 18.0 Å². The standard InChI is InChI=1S/C17H25N3O4S2/c21-16(13-5-1-2-6-13)18-9-10-19-17(22)14-7-3-11-20(14)26(23,24)15-8-4-12-25-15/h4,8,12-14H,1-3,5-7,9-11H2,(H,18,21)(H,19,22). The van der Waals surface area contributed by atoms with Gasteiger partial charge in [0, 0.05) is 25.6 Å². The predicted molar refractivity (Wildman–Crippen MR) is 99.2 cm³/mol. The second-order valence-corrected chi connectivity index (χ2v) is 9.83. The van der Waals surface area contributed by atoms with E-state index in [0.717, 1.165) is 37.0 Å². The summed E-state index contributed by atoms with van der Waals surface area (Å²) in [6.07, 6.45) is 5.27. The topological polar surface area (TPSA) is 95.6 Å². The zero-order chi connectivity index (χ0) is 18.6. The largest absolute Gasteiger partial charge is 0.354 e. The van der Waals surface area contributed by atoms with E-state index in [4.69, 9.17) is 0 Å². The molecule has 26 heavy (non-hydrogen) atoms. The molecule has 0 radical (unpaired) electrons. The second-order valence-electron chi connectivity index (χ2n) is 6.77. The Morgan fingerprint density at radius 1 is 1.08 bits per heavy atom. The van der Waals surface area contributed by atoms with Crippen molar-refractivity contribution in [3.8, 4) is 0 Å². The van der Waals surface area contributed by atoms with E-state index in [0.29, 0.717) is 32.5 Å². The monoisotopic (exact) mass is 399 g/mol. The molecular weight excluding hydrogens is 374 g/mol. The van der Waals surface area contributed by atoms with Crippen molar-refractivity contribution in [2.75, 3.05) is 19.6 Å². The van der Waals surface area contributed by atoms with Gasteiger partial charge in [-0.2, -0.15) is 4.31 Å². The quantitative estimate of drug-likeness (QED) is 0.676. The SMILES string of the molecule is O=C(NCCNC(=O)C1CCCN1S(=O)(=O)c1cccs1)C1CCCC1. The minimum absolute atomic E-state index is 0.0551. The summed E-state index contributed by atoms with van der Waals surface area (Å²) in [7, 11) is -3.62. The zero-order valence-electron chi connectivity index (χ0n) is 14.6. The Morgan fingerprint density at radius 2 is 1.77 bits per heavy atom. The molecule has 2 fully saturated rings. The molecule has 144 valence electrons. The summed E-state index contributed by atoms with van der Waals surface area (Å²) < 4.78 is 26.9. The smallest absolute Gasteiger partial charge is 0.253 e. The maximum atomic E-state index is 12.7. The fourth-order valence-electron chi connectivity index (χ4n) is 3.64. The van der Waals surface area contributed by atoms with Gasteiger partial charge in [-0.3, -0.25) is 9.59 Å². The van der Waals surface area contributed by atoms with Crippen LogP contribution >= 0.6 is 11.3 Å². The van der Waals surface area contributed by atoms with E-state index in [1.54, 1.807) is 17.5 Å². The molecule has 0 aromatic carbocycles. The molecule has 1 aliphatic heterocycles. The minimum Gasteiger partial charge on any atom is -0.354 e. The number of sulfonamides is 1. The van der Waals surface area contributed by atoms with Gasteiger partial charge in [0.05, 0.1) is 0 Å². The highest BCUT2D eigenvalue weighted by Crippen LogP contribution is 2.28. The molecule has 9 heteroatoms. The molecule has 1 saturated heterocycles. The summed E-state index contributed by atoms with van der Waals surface area (Å²) in [5.41, 5.74) is 0. The maximum absolute atomic E-state index is 12.7. The molecule has 1 aliphatic carbocycles. The molecule has 1 aromatic heterocycles. The van der Waals surface area contributed by atoms with E-state index in [1.807, 2.05) is 0 Å². The van der Waals surface area contributed by atoms with Crippen molar-refractivity contribution in [3.63, 3.8) is 0 Å². The Labute approximate surface area is 158 Å². The van der Waals surface area contributed by atoms with Gasteiger partial charge in [0.2, 0.25) is 11.8 Å². The van der Waals surface area contributed by atoms with E-state index in [2.05, 4.69) is 10.6 Å². The van der Waals surface area contributed by atoms with Crippen LogP contribution in [0.3, 0.4) is 0 Å². The number of hydrogen-bond acceptors (Lipinski definition) is 5. The number of thiophene rings is 1. The number of carbonyl (C=O) groups is 2. The molecule has 1 unspecified atom stereocenters. The normalized spacial score (nSPS) is 21.8. The van der Waals surface area contributed by atoms with Crippen LogP contribution in [0, 0.1) is 5.92 Å². The summed E-state index contributed by atoms with van der Waals surface area (Å²) in [5, 5.41) is 7.33. The summed E-state index contributed by atoms with van der Waals surface area (Å²) in [5.74, 6) is -0.135. The first-order chi connectivity index (χ1) is 12.5. The predicted octanol–water partition coefficient (Wildman–Crippen LogP) is 1.32. The van der Waals surface area contributed by atoms with Crippen molar-refractivity contribution in [3.05, 3.63) is 17.5 Å². The molecule has 2 heterocycles.